The summed E-state index contributed by atoms with van der Waals surface area (Å²) < 4.78 is 0. The average molecular weight is 280 g/mol. The molecule has 1 aliphatic rings. The largest absolute Gasteiger partial charge is 0.396 e. The fourth-order valence-corrected chi connectivity index (χ4v) is 2.58. The third kappa shape index (κ3) is 3.73. The van der Waals surface area contributed by atoms with Gasteiger partial charge in [0.15, 0.2) is 0 Å². The van der Waals surface area contributed by atoms with E-state index >= 15 is 0 Å². The van der Waals surface area contributed by atoms with Gasteiger partial charge in [-0.3, -0.25) is 0 Å². The molecule has 1 saturated heterocycles. The van der Waals surface area contributed by atoms with Crippen LogP contribution in [0.3, 0.4) is 0 Å². The van der Waals surface area contributed by atoms with E-state index in [4.69, 9.17) is 23.1 Å². The molecule has 0 amide bonds. The zero-order valence-electron chi connectivity index (χ0n) is 10.8. The topological polar surface area (TPSA) is 69.7 Å². The highest BCUT2D eigenvalue weighted by Crippen LogP contribution is 2.20. The number of nitrogens with zero attached hydrogens (tertiary/aromatic N) is 1. The normalized spacial score (nSPS) is 21.5. The summed E-state index contributed by atoms with van der Waals surface area (Å²) >= 11 is 4.90. The number of aliphatic hydroxyl groups excluding tert-OH is 2. The minimum atomic E-state index is -0.516. The second-order valence-corrected chi connectivity index (χ2v) is 5.54. The van der Waals surface area contributed by atoms with E-state index in [-0.39, 0.29) is 6.61 Å². The van der Waals surface area contributed by atoms with E-state index in [1.54, 1.807) is 0 Å². The predicted octanol–water partition coefficient (Wildman–Crippen LogP) is 0.668. The summed E-state index contributed by atoms with van der Waals surface area (Å²) in [6.45, 7) is 2.63. The highest BCUT2D eigenvalue weighted by molar-refractivity contribution is 7.80. The van der Waals surface area contributed by atoms with Crippen molar-refractivity contribution >= 4 is 17.2 Å². The molecule has 0 bridgehead atoms. The van der Waals surface area contributed by atoms with Crippen LogP contribution >= 0.6 is 12.2 Å². The first kappa shape index (κ1) is 14.4. The van der Waals surface area contributed by atoms with Crippen LogP contribution in [-0.2, 0) is 0 Å². The lowest BCUT2D eigenvalue weighted by molar-refractivity contribution is 0.121. The van der Waals surface area contributed by atoms with E-state index in [0.29, 0.717) is 17.5 Å². The first-order valence-electron chi connectivity index (χ1n) is 6.51. The zero-order chi connectivity index (χ0) is 13.8. The number of rotatable bonds is 5. The molecule has 1 fully saturated rings. The van der Waals surface area contributed by atoms with Crippen LogP contribution in [-0.4, -0.2) is 46.3 Å². The van der Waals surface area contributed by atoms with Crippen LogP contribution in [0.25, 0.3) is 0 Å². The van der Waals surface area contributed by atoms with Crippen LogP contribution in [0.2, 0.25) is 0 Å². The summed E-state index contributed by atoms with van der Waals surface area (Å²) in [7, 11) is 0. The summed E-state index contributed by atoms with van der Waals surface area (Å²) in [5, 5.41) is 19.3. The number of hydrogen-bond donors (Lipinski definition) is 3. The average Bonchev–Trinajstić information content (AvgIpc) is 2.86. The molecular weight excluding hydrogens is 260 g/mol. The van der Waals surface area contributed by atoms with Crippen LogP contribution in [0.1, 0.15) is 23.7 Å². The standard InChI is InChI=1S/C14H20N2O2S/c15-14(19)12-3-1-11(2-4-12)13(18)8-16-6-5-10(7-16)9-17/h1-4,10,13,17-18H,5-9H2,(H2,15,19). The Morgan fingerprint density at radius 1 is 1.42 bits per heavy atom. The van der Waals surface area contributed by atoms with Gasteiger partial charge >= 0.3 is 0 Å². The molecule has 1 aromatic carbocycles. The second-order valence-electron chi connectivity index (χ2n) is 5.10. The molecule has 2 atom stereocenters. The summed E-state index contributed by atoms with van der Waals surface area (Å²) in [4.78, 5) is 2.55. The van der Waals surface area contributed by atoms with Crippen molar-refractivity contribution in [2.45, 2.75) is 12.5 Å². The Kier molecular flexibility index (Phi) is 4.87. The second kappa shape index (κ2) is 6.43. The summed E-state index contributed by atoms with van der Waals surface area (Å²) in [6, 6.07) is 7.39. The minimum absolute atomic E-state index is 0.231. The quantitative estimate of drug-likeness (QED) is 0.692. The molecule has 1 heterocycles. The fourth-order valence-electron chi connectivity index (χ4n) is 2.45. The van der Waals surface area contributed by atoms with E-state index in [0.717, 1.165) is 30.6 Å². The molecule has 0 spiro atoms. The van der Waals surface area contributed by atoms with Crippen molar-refractivity contribution in [2.24, 2.45) is 11.7 Å². The van der Waals surface area contributed by atoms with Gasteiger partial charge in [-0.1, -0.05) is 36.5 Å². The van der Waals surface area contributed by atoms with Crippen LogP contribution < -0.4 is 5.73 Å². The Balaban J connectivity index is 1.92. The van der Waals surface area contributed by atoms with E-state index in [9.17, 15) is 5.11 Å². The highest BCUT2D eigenvalue weighted by atomic mass is 32.1. The number of hydrogen-bond acceptors (Lipinski definition) is 4. The molecule has 5 heteroatoms. The van der Waals surface area contributed by atoms with Crippen molar-refractivity contribution in [3.63, 3.8) is 0 Å². The van der Waals surface area contributed by atoms with Crippen molar-refractivity contribution in [3.05, 3.63) is 35.4 Å². The molecule has 0 aliphatic carbocycles. The number of nitrogens with two attached hydrogens (primary N) is 1. The monoisotopic (exact) mass is 280 g/mol. The van der Waals surface area contributed by atoms with Crippen LogP contribution in [0.5, 0.6) is 0 Å². The van der Waals surface area contributed by atoms with Gasteiger partial charge in [0.25, 0.3) is 0 Å². The summed E-state index contributed by atoms with van der Waals surface area (Å²) in [6.07, 6.45) is 0.488. The number of likely N-dealkylation sites (tertiary alicyclic amines) is 1. The number of β-amino-alcohol motifs (C(OH)–C–C–N with tert-alkyl or cyclic N) is 1. The molecule has 19 heavy (non-hydrogen) atoms. The molecule has 0 radical (unpaired) electrons. The van der Waals surface area contributed by atoms with Gasteiger partial charge < -0.3 is 20.8 Å². The molecule has 1 aromatic rings. The lowest BCUT2D eigenvalue weighted by atomic mass is 10.1. The van der Waals surface area contributed by atoms with Gasteiger partial charge in [0, 0.05) is 25.3 Å². The van der Waals surface area contributed by atoms with Crippen molar-refractivity contribution in [1.82, 2.24) is 4.90 Å². The van der Waals surface area contributed by atoms with Gasteiger partial charge in [0.2, 0.25) is 0 Å². The SMILES string of the molecule is NC(=S)c1ccc(C(O)CN2CCC(CO)C2)cc1. The van der Waals surface area contributed by atoms with Crippen molar-refractivity contribution in [2.75, 3.05) is 26.2 Å². The minimum Gasteiger partial charge on any atom is -0.396 e. The van der Waals surface area contributed by atoms with E-state index in [2.05, 4.69) is 4.90 Å². The van der Waals surface area contributed by atoms with Crippen molar-refractivity contribution < 1.29 is 10.2 Å². The first-order chi connectivity index (χ1) is 9.10. The van der Waals surface area contributed by atoms with E-state index < -0.39 is 6.10 Å². The molecular formula is C14H20N2O2S. The Bertz CT molecular complexity index is 436. The maximum atomic E-state index is 10.2. The lowest BCUT2D eigenvalue weighted by Crippen LogP contribution is -2.27. The first-order valence-corrected chi connectivity index (χ1v) is 6.92. The van der Waals surface area contributed by atoms with Gasteiger partial charge in [0.1, 0.15) is 4.99 Å². The lowest BCUT2D eigenvalue weighted by Gasteiger charge is -2.20. The van der Waals surface area contributed by atoms with E-state index in [1.807, 2.05) is 24.3 Å². The van der Waals surface area contributed by atoms with Crippen LogP contribution in [0.15, 0.2) is 24.3 Å². The maximum absolute atomic E-state index is 10.2. The summed E-state index contributed by atoms with van der Waals surface area (Å²) in [5.74, 6) is 0.351. The number of benzene rings is 1. The van der Waals surface area contributed by atoms with Crippen molar-refractivity contribution in [3.8, 4) is 0 Å². The Hall–Kier alpha value is -1.01. The Morgan fingerprint density at radius 2 is 2.11 bits per heavy atom. The predicted molar refractivity (Wildman–Crippen MR) is 78.9 cm³/mol. The van der Waals surface area contributed by atoms with Gasteiger partial charge in [-0.2, -0.15) is 0 Å². The summed E-state index contributed by atoms with van der Waals surface area (Å²) in [5.41, 5.74) is 7.22. The molecule has 2 unspecified atom stereocenters. The molecule has 0 saturated carbocycles. The maximum Gasteiger partial charge on any atom is 0.103 e. The molecule has 104 valence electrons. The molecule has 2 rings (SSSR count). The highest BCUT2D eigenvalue weighted by Gasteiger charge is 2.23. The number of thiocarbonyl (C=S) groups is 1. The fraction of sp³-hybridized carbons (Fsp3) is 0.500. The molecule has 0 aromatic heterocycles. The third-order valence-corrected chi connectivity index (χ3v) is 3.87. The van der Waals surface area contributed by atoms with Gasteiger partial charge in [0.05, 0.1) is 6.10 Å². The smallest absolute Gasteiger partial charge is 0.103 e. The van der Waals surface area contributed by atoms with E-state index in [1.165, 1.54) is 0 Å². The third-order valence-electron chi connectivity index (χ3n) is 3.64. The van der Waals surface area contributed by atoms with Crippen molar-refractivity contribution in [1.29, 1.82) is 0 Å². The van der Waals surface area contributed by atoms with Crippen LogP contribution in [0.4, 0.5) is 0 Å². The molecule has 4 nitrogen and oxygen atoms in total. The van der Waals surface area contributed by atoms with Gasteiger partial charge in [-0.05, 0) is 24.4 Å². The Labute approximate surface area is 118 Å². The van der Waals surface area contributed by atoms with Gasteiger partial charge in [-0.15, -0.1) is 0 Å². The number of aliphatic hydroxyl groups is 2. The Morgan fingerprint density at radius 3 is 2.63 bits per heavy atom. The molecule has 1 aliphatic heterocycles. The van der Waals surface area contributed by atoms with Crippen LogP contribution in [0, 0.1) is 5.92 Å². The molecule has 4 N–H and O–H groups in total. The van der Waals surface area contributed by atoms with Gasteiger partial charge in [-0.25, -0.2) is 0 Å². The zero-order valence-corrected chi connectivity index (χ0v) is 11.6.